The molecule has 1 unspecified atom stereocenters. The summed E-state index contributed by atoms with van der Waals surface area (Å²) < 4.78 is 0. The number of allylic oxidation sites excluding steroid dienone is 1. The molecule has 0 saturated carbocycles. The van der Waals surface area contributed by atoms with Crippen LogP contribution < -0.4 is 0 Å². The maximum absolute atomic E-state index is 13.3. The van der Waals surface area contributed by atoms with Crippen LogP contribution in [-0.2, 0) is 0 Å². The summed E-state index contributed by atoms with van der Waals surface area (Å²) >= 11 is 0. The molecule has 2 heteroatoms. The fourth-order valence-corrected chi connectivity index (χ4v) is 3.15. The second kappa shape index (κ2) is 8.21. The van der Waals surface area contributed by atoms with Crippen molar-refractivity contribution in [1.82, 2.24) is 0 Å². The number of carbonyl (C=O) groups is 2. The van der Waals surface area contributed by atoms with E-state index in [1.165, 1.54) is 0 Å². The maximum Gasteiger partial charge on any atom is 0.174 e. The third kappa shape index (κ3) is 3.70. The summed E-state index contributed by atoms with van der Waals surface area (Å²) in [5.41, 5.74) is 1.97. The highest BCUT2D eigenvalue weighted by atomic mass is 16.2. The first-order valence-corrected chi connectivity index (χ1v) is 8.58. The lowest BCUT2D eigenvalue weighted by atomic mass is 9.77. The minimum atomic E-state index is -0.848. The van der Waals surface area contributed by atoms with Gasteiger partial charge in [-0.25, -0.2) is 0 Å². The van der Waals surface area contributed by atoms with Crippen LogP contribution in [0.4, 0.5) is 0 Å². The SMILES string of the molecule is C=CC(c1ccccc1)C(C(=O)c1ccccc1)C(=O)c1ccccc1. The zero-order valence-electron chi connectivity index (χ0n) is 14.4. The molecular formula is C24H20O2. The Morgan fingerprint density at radius 2 is 1.04 bits per heavy atom. The molecule has 0 aliphatic rings. The Morgan fingerprint density at radius 3 is 1.42 bits per heavy atom. The minimum absolute atomic E-state index is 0.187. The number of hydrogen-bond acceptors (Lipinski definition) is 2. The molecule has 3 aromatic rings. The Kier molecular flexibility index (Phi) is 5.55. The van der Waals surface area contributed by atoms with Crippen molar-refractivity contribution in [3.63, 3.8) is 0 Å². The van der Waals surface area contributed by atoms with Crippen LogP contribution in [0.1, 0.15) is 32.2 Å². The van der Waals surface area contributed by atoms with E-state index >= 15 is 0 Å². The van der Waals surface area contributed by atoms with Crippen LogP contribution in [0.25, 0.3) is 0 Å². The van der Waals surface area contributed by atoms with Crippen molar-refractivity contribution in [2.24, 2.45) is 5.92 Å². The largest absolute Gasteiger partial charge is 0.293 e. The van der Waals surface area contributed by atoms with E-state index in [0.29, 0.717) is 11.1 Å². The molecule has 2 nitrogen and oxygen atoms in total. The fourth-order valence-electron chi connectivity index (χ4n) is 3.15. The monoisotopic (exact) mass is 340 g/mol. The van der Waals surface area contributed by atoms with Crippen molar-refractivity contribution in [3.05, 3.63) is 120 Å². The average Bonchev–Trinajstić information content (AvgIpc) is 2.73. The number of rotatable bonds is 7. The van der Waals surface area contributed by atoms with E-state index in [0.717, 1.165) is 5.56 Å². The van der Waals surface area contributed by atoms with Crippen LogP contribution in [0.15, 0.2) is 104 Å². The molecule has 0 fully saturated rings. The number of Topliss-reactive ketones (excluding diaryl/α,β-unsaturated/α-hetero) is 2. The highest BCUT2D eigenvalue weighted by Gasteiger charge is 2.35. The molecular weight excluding hydrogens is 320 g/mol. The van der Waals surface area contributed by atoms with Crippen LogP contribution in [0.5, 0.6) is 0 Å². The van der Waals surface area contributed by atoms with Crippen molar-refractivity contribution in [3.8, 4) is 0 Å². The van der Waals surface area contributed by atoms with E-state index in [-0.39, 0.29) is 11.6 Å². The van der Waals surface area contributed by atoms with Gasteiger partial charge in [-0.15, -0.1) is 6.58 Å². The molecule has 0 aliphatic carbocycles. The lowest BCUT2D eigenvalue weighted by Crippen LogP contribution is -2.30. The Labute approximate surface area is 153 Å². The molecule has 0 bridgehead atoms. The maximum atomic E-state index is 13.3. The van der Waals surface area contributed by atoms with Gasteiger partial charge in [0.1, 0.15) is 0 Å². The van der Waals surface area contributed by atoms with E-state index < -0.39 is 11.8 Å². The summed E-state index contributed by atoms with van der Waals surface area (Å²) in [4.78, 5) is 26.5. The second-order valence-corrected chi connectivity index (χ2v) is 6.11. The summed E-state index contributed by atoms with van der Waals surface area (Å²) in [6.07, 6.45) is 1.70. The first kappa shape index (κ1) is 17.6. The second-order valence-electron chi connectivity index (χ2n) is 6.11. The van der Waals surface area contributed by atoms with Gasteiger partial charge in [-0.2, -0.15) is 0 Å². The molecule has 3 rings (SSSR count). The first-order valence-electron chi connectivity index (χ1n) is 8.58. The third-order valence-electron chi connectivity index (χ3n) is 4.48. The van der Waals surface area contributed by atoms with Crippen LogP contribution in [0.2, 0.25) is 0 Å². The molecule has 0 aromatic heterocycles. The van der Waals surface area contributed by atoms with Crippen molar-refractivity contribution in [2.75, 3.05) is 0 Å². The number of hydrogen-bond donors (Lipinski definition) is 0. The highest BCUT2D eigenvalue weighted by molar-refractivity contribution is 6.16. The van der Waals surface area contributed by atoms with Crippen molar-refractivity contribution in [2.45, 2.75) is 5.92 Å². The Bertz CT molecular complexity index is 832. The molecule has 0 amide bonds. The summed E-state index contributed by atoms with van der Waals surface area (Å²) in [5.74, 6) is -1.61. The summed E-state index contributed by atoms with van der Waals surface area (Å²) in [6, 6.07) is 27.5. The quantitative estimate of drug-likeness (QED) is 0.330. The summed E-state index contributed by atoms with van der Waals surface area (Å²) in [7, 11) is 0. The Balaban J connectivity index is 2.08. The van der Waals surface area contributed by atoms with Gasteiger partial charge < -0.3 is 0 Å². The van der Waals surface area contributed by atoms with E-state index in [2.05, 4.69) is 6.58 Å². The van der Waals surface area contributed by atoms with Gasteiger partial charge in [-0.1, -0.05) is 97.1 Å². The predicted molar refractivity (Wildman–Crippen MR) is 104 cm³/mol. The van der Waals surface area contributed by atoms with Gasteiger partial charge in [-0.3, -0.25) is 9.59 Å². The Hall–Kier alpha value is -3.26. The molecule has 128 valence electrons. The minimum Gasteiger partial charge on any atom is -0.293 e. The zero-order chi connectivity index (χ0) is 18.4. The molecule has 0 heterocycles. The zero-order valence-corrected chi connectivity index (χ0v) is 14.4. The molecule has 0 radical (unpaired) electrons. The molecule has 26 heavy (non-hydrogen) atoms. The van der Waals surface area contributed by atoms with E-state index in [4.69, 9.17) is 0 Å². The molecule has 0 spiro atoms. The van der Waals surface area contributed by atoms with E-state index in [1.54, 1.807) is 30.3 Å². The third-order valence-corrected chi connectivity index (χ3v) is 4.48. The lowest BCUT2D eigenvalue weighted by Gasteiger charge is -2.23. The van der Waals surface area contributed by atoms with Crippen molar-refractivity contribution < 1.29 is 9.59 Å². The van der Waals surface area contributed by atoms with Gasteiger partial charge in [0.15, 0.2) is 11.6 Å². The van der Waals surface area contributed by atoms with Crippen LogP contribution in [0, 0.1) is 5.92 Å². The van der Waals surface area contributed by atoms with Crippen molar-refractivity contribution in [1.29, 1.82) is 0 Å². The van der Waals surface area contributed by atoms with Gasteiger partial charge in [0.05, 0.1) is 5.92 Å². The smallest absolute Gasteiger partial charge is 0.174 e. The van der Waals surface area contributed by atoms with Gasteiger partial charge in [0, 0.05) is 17.0 Å². The summed E-state index contributed by atoms with van der Waals surface area (Å²) in [6.45, 7) is 3.91. The molecule has 1 atom stereocenters. The van der Waals surface area contributed by atoms with Gasteiger partial charge in [0.25, 0.3) is 0 Å². The van der Waals surface area contributed by atoms with Crippen LogP contribution in [0.3, 0.4) is 0 Å². The summed E-state index contributed by atoms with van der Waals surface area (Å²) in [5, 5.41) is 0. The Morgan fingerprint density at radius 1 is 0.654 bits per heavy atom. The first-order chi connectivity index (χ1) is 12.7. The number of benzene rings is 3. The lowest BCUT2D eigenvalue weighted by molar-refractivity contribution is 0.0795. The molecule has 0 aliphatic heterocycles. The standard InChI is InChI=1S/C24H20O2/c1-2-21(18-12-6-3-7-13-18)22(23(25)19-14-8-4-9-15-19)24(26)20-16-10-5-11-17-20/h2-17,21-22H,1H2. The van der Waals surface area contributed by atoms with Gasteiger partial charge in [0.2, 0.25) is 0 Å². The normalized spacial score (nSPS) is 11.7. The van der Waals surface area contributed by atoms with Crippen LogP contribution in [-0.4, -0.2) is 11.6 Å². The average molecular weight is 340 g/mol. The van der Waals surface area contributed by atoms with Gasteiger partial charge in [-0.05, 0) is 5.56 Å². The number of carbonyl (C=O) groups excluding carboxylic acids is 2. The molecule has 3 aromatic carbocycles. The predicted octanol–water partition coefficient (Wildman–Crippen LogP) is 5.34. The van der Waals surface area contributed by atoms with Gasteiger partial charge >= 0.3 is 0 Å². The highest BCUT2D eigenvalue weighted by Crippen LogP contribution is 2.31. The molecule has 0 saturated heterocycles. The molecule has 0 N–H and O–H groups in total. The number of ketones is 2. The van der Waals surface area contributed by atoms with Crippen LogP contribution >= 0.6 is 0 Å². The topological polar surface area (TPSA) is 34.1 Å². The van der Waals surface area contributed by atoms with E-state index in [9.17, 15) is 9.59 Å². The fraction of sp³-hybridized carbons (Fsp3) is 0.0833. The van der Waals surface area contributed by atoms with E-state index in [1.807, 2.05) is 66.7 Å². The van der Waals surface area contributed by atoms with Crippen molar-refractivity contribution >= 4 is 11.6 Å².